The molecule has 3 heterocycles. The number of hydrogen-bond donors (Lipinski definition) is 1. The highest BCUT2D eigenvalue weighted by molar-refractivity contribution is 7.12. The Morgan fingerprint density at radius 1 is 1.50 bits per heavy atom. The summed E-state index contributed by atoms with van der Waals surface area (Å²) < 4.78 is 4.76. The normalized spacial score (nSPS) is 17.3. The van der Waals surface area contributed by atoms with Gasteiger partial charge >= 0.3 is 5.97 Å². The second-order valence-corrected chi connectivity index (χ2v) is 6.97. The minimum Gasteiger partial charge on any atom is -0.464 e. The van der Waals surface area contributed by atoms with Crippen LogP contribution < -0.4 is 0 Å². The first kappa shape index (κ1) is 16.6. The van der Waals surface area contributed by atoms with E-state index in [1.807, 2.05) is 13.8 Å². The van der Waals surface area contributed by atoms with E-state index in [9.17, 15) is 9.59 Å². The fraction of sp³-hybridized carbons (Fsp3) is 0.500. The molecule has 2 aromatic heterocycles. The number of aryl methyl sites for hydroxylation is 2. The second-order valence-electron chi connectivity index (χ2n) is 5.74. The number of carbonyl (C=O) groups excluding carboxylic acids is 2. The molecule has 0 radical (unpaired) electrons. The fourth-order valence-corrected chi connectivity index (χ4v) is 3.97. The van der Waals surface area contributed by atoms with Gasteiger partial charge in [0.05, 0.1) is 13.2 Å². The van der Waals surface area contributed by atoms with E-state index in [4.69, 9.17) is 4.74 Å². The number of nitrogens with one attached hydrogen (secondary N) is 1. The quantitative estimate of drug-likeness (QED) is 0.858. The first-order valence-electron chi connectivity index (χ1n) is 7.96. The van der Waals surface area contributed by atoms with E-state index in [2.05, 4.69) is 15.2 Å². The van der Waals surface area contributed by atoms with Crippen molar-refractivity contribution in [2.75, 3.05) is 13.7 Å². The molecule has 0 saturated carbocycles. The number of methoxy groups -OCH3 is 1. The molecule has 128 valence electrons. The van der Waals surface area contributed by atoms with Gasteiger partial charge in [0.15, 0.2) is 5.69 Å². The van der Waals surface area contributed by atoms with Gasteiger partial charge in [-0.1, -0.05) is 6.92 Å². The van der Waals surface area contributed by atoms with E-state index in [1.54, 1.807) is 11.0 Å². The van der Waals surface area contributed by atoms with Gasteiger partial charge in [-0.2, -0.15) is 5.10 Å². The summed E-state index contributed by atoms with van der Waals surface area (Å²) in [6.07, 6.45) is 2.55. The minimum atomic E-state index is -0.439. The summed E-state index contributed by atoms with van der Waals surface area (Å²) in [5, 5.41) is 7.78. The lowest BCUT2D eigenvalue weighted by molar-refractivity contribution is 0.0593. The zero-order chi connectivity index (χ0) is 17.3. The highest BCUT2D eigenvalue weighted by Crippen LogP contribution is 2.36. The van der Waals surface area contributed by atoms with E-state index < -0.39 is 5.97 Å². The topological polar surface area (TPSA) is 88.2 Å². The van der Waals surface area contributed by atoms with Crippen LogP contribution in [0, 0.1) is 6.92 Å². The molecule has 3 rings (SSSR count). The molecule has 7 nitrogen and oxygen atoms in total. The molecule has 8 heteroatoms. The van der Waals surface area contributed by atoms with Crippen LogP contribution >= 0.6 is 11.3 Å². The van der Waals surface area contributed by atoms with Crippen LogP contribution in [0.4, 0.5) is 0 Å². The van der Waals surface area contributed by atoms with Crippen molar-refractivity contribution < 1.29 is 14.3 Å². The standard InChI is InChI=1S/C16H20N4O3S/c1-4-10-8-11(19-18-10)15(21)20-7-5-6-12(20)14-17-13(9(2)24-14)16(22)23-3/h8,12H,4-7H2,1-3H3,(H,18,19)/t12-/m1/s1. The van der Waals surface area contributed by atoms with Crippen LogP contribution in [0.5, 0.6) is 0 Å². The van der Waals surface area contributed by atoms with E-state index in [0.717, 1.165) is 34.8 Å². The Labute approximate surface area is 144 Å². The van der Waals surface area contributed by atoms with Crippen molar-refractivity contribution in [1.82, 2.24) is 20.1 Å². The molecule has 0 unspecified atom stereocenters. The number of esters is 1. The summed E-state index contributed by atoms with van der Waals surface area (Å²) in [5.74, 6) is -0.535. The number of carbonyl (C=O) groups is 2. The van der Waals surface area contributed by atoms with E-state index in [-0.39, 0.29) is 11.9 Å². The van der Waals surface area contributed by atoms with Crippen molar-refractivity contribution in [1.29, 1.82) is 0 Å². The Morgan fingerprint density at radius 2 is 2.29 bits per heavy atom. The van der Waals surface area contributed by atoms with Gasteiger partial charge in [-0.05, 0) is 32.3 Å². The molecule has 1 aliphatic heterocycles. The molecule has 24 heavy (non-hydrogen) atoms. The summed E-state index contributed by atoms with van der Waals surface area (Å²) in [4.78, 5) is 31.6. The lowest BCUT2D eigenvalue weighted by Crippen LogP contribution is -2.30. The van der Waals surface area contributed by atoms with Crippen molar-refractivity contribution in [3.8, 4) is 0 Å². The molecule has 2 aromatic rings. The number of thiazole rings is 1. The van der Waals surface area contributed by atoms with Crippen LogP contribution in [-0.2, 0) is 11.2 Å². The van der Waals surface area contributed by atoms with Gasteiger partial charge in [0.25, 0.3) is 5.91 Å². The average Bonchev–Trinajstić information content (AvgIpc) is 3.31. The smallest absolute Gasteiger partial charge is 0.357 e. The van der Waals surface area contributed by atoms with Crippen LogP contribution in [0.3, 0.4) is 0 Å². The third-order valence-corrected chi connectivity index (χ3v) is 5.29. The predicted octanol–water partition coefficient (Wildman–Crippen LogP) is 2.50. The number of likely N-dealkylation sites (tertiary alicyclic amines) is 1. The second kappa shape index (κ2) is 6.72. The molecule has 0 aliphatic carbocycles. The highest BCUT2D eigenvalue weighted by Gasteiger charge is 2.34. The van der Waals surface area contributed by atoms with Gasteiger partial charge in [-0.15, -0.1) is 11.3 Å². The SMILES string of the molecule is CCc1cc(C(=O)N2CCC[C@@H]2c2nc(C(=O)OC)c(C)s2)n[nH]1. The number of rotatable bonds is 4. The third kappa shape index (κ3) is 2.93. The molecule has 1 saturated heterocycles. The Hall–Kier alpha value is -2.22. The molecule has 1 N–H and O–H groups in total. The van der Waals surface area contributed by atoms with E-state index in [0.29, 0.717) is 17.9 Å². The molecular weight excluding hydrogens is 328 g/mol. The average molecular weight is 348 g/mol. The van der Waals surface area contributed by atoms with Gasteiger partial charge in [0, 0.05) is 17.1 Å². The molecule has 1 fully saturated rings. The van der Waals surface area contributed by atoms with Gasteiger partial charge in [0.1, 0.15) is 10.7 Å². The van der Waals surface area contributed by atoms with Crippen molar-refractivity contribution >= 4 is 23.2 Å². The van der Waals surface area contributed by atoms with Crippen LogP contribution in [0.25, 0.3) is 0 Å². The lowest BCUT2D eigenvalue weighted by atomic mass is 10.2. The van der Waals surface area contributed by atoms with Crippen LogP contribution in [0.1, 0.15) is 62.4 Å². The largest absolute Gasteiger partial charge is 0.464 e. The Bertz CT molecular complexity index is 767. The summed E-state index contributed by atoms with van der Waals surface area (Å²) in [7, 11) is 1.34. The zero-order valence-electron chi connectivity index (χ0n) is 14.0. The van der Waals surface area contributed by atoms with E-state index >= 15 is 0 Å². The number of hydrogen-bond acceptors (Lipinski definition) is 6. The number of nitrogens with zero attached hydrogens (tertiary/aromatic N) is 3. The number of aromatic amines is 1. The van der Waals surface area contributed by atoms with Gasteiger partial charge in [-0.25, -0.2) is 9.78 Å². The lowest BCUT2D eigenvalue weighted by Gasteiger charge is -2.22. The Morgan fingerprint density at radius 3 is 2.96 bits per heavy atom. The third-order valence-electron chi connectivity index (χ3n) is 4.22. The maximum absolute atomic E-state index is 12.8. The summed E-state index contributed by atoms with van der Waals surface area (Å²) in [6, 6.07) is 1.69. The number of aromatic nitrogens is 3. The minimum absolute atomic E-state index is 0.0964. The van der Waals surface area contributed by atoms with E-state index in [1.165, 1.54) is 18.4 Å². The maximum atomic E-state index is 12.8. The Balaban J connectivity index is 1.85. The number of ether oxygens (including phenoxy) is 1. The maximum Gasteiger partial charge on any atom is 0.357 e. The number of amides is 1. The highest BCUT2D eigenvalue weighted by atomic mass is 32.1. The molecule has 0 bridgehead atoms. The first-order chi connectivity index (χ1) is 11.5. The summed E-state index contributed by atoms with van der Waals surface area (Å²) >= 11 is 1.45. The van der Waals surface area contributed by atoms with Crippen molar-refractivity contribution in [3.05, 3.63) is 33.0 Å². The molecule has 1 atom stereocenters. The van der Waals surface area contributed by atoms with Crippen molar-refractivity contribution in [2.45, 2.75) is 39.2 Å². The van der Waals surface area contributed by atoms with Crippen LogP contribution in [0.2, 0.25) is 0 Å². The van der Waals surface area contributed by atoms with Crippen LogP contribution in [0.15, 0.2) is 6.07 Å². The summed E-state index contributed by atoms with van der Waals surface area (Å²) in [5.41, 5.74) is 1.71. The monoisotopic (exact) mass is 348 g/mol. The first-order valence-corrected chi connectivity index (χ1v) is 8.77. The molecule has 1 aliphatic rings. The molecule has 0 spiro atoms. The zero-order valence-corrected chi connectivity index (χ0v) is 14.8. The molecular formula is C16H20N4O3S. The Kier molecular flexibility index (Phi) is 4.66. The predicted molar refractivity (Wildman–Crippen MR) is 89.2 cm³/mol. The molecule has 1 amide bonds. The molecule has 0 aromatic carbocycles. The van der Waals surface area contributed by atoms with Gasteiger partial charge < -0.3 is 9.64 Å². The van der Waals surface area contributed by atoms with Crippen molar-refractivity contribution in [3.63, 3.8) is 0 Å². The number of H-pyrrole nitrogens is 1. The fourth-order valence-electron chi connectivity index (χ4n) is 2.91. The summed E-state index contributed by atoms with van der Waals surface area (Å²) in [6.45, 7) is 4.52. The van der Waals surface area contributed by atoms with Crippen LogP contribution in [-0.4, -0.2) is 45.6 Å². The van der Waals surface area contributed by atoms with Crippen molar-refractivity contribution in [2.24, 2.45) is 0 Å². The van der Waals surface area contributed by atoms with Gasteiger partial charge in [-0.3, -0.25) is 9.89 Å². The van der Waals surface area contributed by atoms with Gasteiger partial charge in [0.2, 0.25) is 0 Å².